The first kappa shape index (κ1) is 12.3. The monoisotopic (exact) mass is 188 g/mol. The SMILES string of the molecule is CCCCCCCCCCN[S-]. The molecule has 0 aliphatic heterocycles. The summed E-state index contributed by atoms with van der Waals surface area (Å²) in [7, 11) is 0. The molecule has 0 aromatic rings. The summed E-state index contributed by atoms with van der Waals surface area (Å²) < 4.78 is 2.76. The van der Waals surface area contributed by atoms with Crippen LogP contribution < -0.4 is 4.72 Å². The van der Waals surface area contributed by atoms with Crippen LogP contribution in [0.5, 0.6) is 0 Å². The Hall–Kier alpha value is 0.310. The van der Waals surface area contributed by atoms with Gasteiger partial charge in [0, 0.05) is 0 Å². The summed E-state index contributed by atoms with van der Waals surface area (Å²) >= 11 is 4.64. The molecule has 2 heteroatoms. The van der Waals surface area contributed by atoms with Gasteiger partial charge in [0.05, 0.1) is 0 Å². The molecule has 1 N–H and O–H groups in total. The zero-order valence-corrected chi connectivity index (χ0v) is 9.09. The van der Waals surface area contributed by atoms with E-state index < -0.39 is 0 Å². The molecule has 0 aromatic heterocycles. The van der Waals surface area contributed by atoms with Gasteiger partial charge in [-0.25, -0.2) is 0 Å². The predicted octanol–water partition coefficient (Wildman–Crippen LogP) is 3.18. The molecule has 0 bridgehead atoms. The maximum Gasteiger partial charge on any atom is -0.0264 e. The van der Waals surface area contributed by atoms with Crippen LogP contribution in [-0.2, 0) is 12.8 Å². The highest BCUT2D eigenvalue weighted by Crippen LogP contribution is 2.07. The Morgan fingerprint density at radius 1 is 0.833 bits per heavy atom. The van der Waals surface area contributed by atoms with Gasteiger partial charge < -0.3 is 17.5 Å². The Balaban J connectivity index is 2.73. The third kappa shape index (κ3) is 10.3. The van der Waals surface area contributed by atoms with Crippen LogP contribution in [0.4, 0.5) is 0 Å². The largest absolute Gasteiger partial charge is 0.705 e. The lowest BCUT2D eigenvalue weighted by atomic mass is 10.1. The maximum atomic E-state index is 4.64. The van der Waals surface area contributed by atoms with Crippen LogP contribution in [0.3, 0.4) is 0 Å². The first-order valence-corrected chi connectivity index (χ1v) is 5.67. The van der Waals surface area contributed by atoms with Crippen LogP contribution in [0.25, 0.3) is 0 Å². The van der Waals surface area contributed by atoms with Crippen molar-refractivity contribution in [1.82, 2.24) is 4.72 Å². The van der Waals surface area contributed by atoms with Gasteiger partial charge in [-0.05, 0) is 13.0 Å². The van der Waals surface area contributed by atoms with E-state index in [9.17, 15) is 0 Å². The topological polar surface area (TPSA) is 12.0 Å². The second kappa shape index (κ2) is 11.3. The van der Waals surface area contributed by atoms with Gasteiger partial charge >= 0.3 is 0 Å². The molecule has 0 atom stereocenters. The first-order valence-electron chi connectivity index (χ1n) is 5.26. The number of rotatable bonds is 9. The van der Waals surface area contributed by atoms with Gasteiger partial charge in [-0.3, -0.25) is 0 Å². The van der Waals surface area contributed by atoms with Gasteiger partial charge in [-0.1, -0.05) is 51.9 Å². The highest BCUT2D eigenvalue weighted by atomic mass is 32.1. The molecule has 0 aliphatic rings. The van der Waals surface area contributed by atoms with Crippen molar-refractivity contribution in [3.05, 3.63) is 0 Å². The second-order valence-corrected chi connectivity index (χ2v) is 3.66. The lowest BCUT2D eigenvalue weighted by Gasteiger charge is -2.06. The van der Waals surface area contributed by atoms with Gasteiger partial charge in [-0.15, -0.1) is 0 Å². The second-order valence-electron chi connectivity index (χ2n) is 3.37. The summed E-state index contributed by atoms with van der Waals surface area (Å²) in [4.78, 5) is 0. The molecule has 0 fully saturated rings. The zero-order chi connectivity index (χ0) is 9.07. The molecule has 0 saturated heterocycles. The van der Waals surface area contributed by atoms with Crippen LogP contribution in [0.1, 0.15) is 58.3 Å². The quantitative estimate of drug-likeness (QED) is 0.440. The van der Waals surface area contributed by atoms with Crippen molar-refractivity contribution in [2.45, 2.75) is 58.3 Å². The summed E-state index contributed by atoms with van der Waals surface area (Å²) in [5, 5.41) is 0. The van der Waals surface area contributed by atoms with Crippen LogP contribution in [0.15, 0.2) is 0 Å². The minimum absolute atomic E-state index is 1.00. The van der Waals surface area contributed by atoms with Crippen molar-refractivity contribution >= 4 is 12.8 Å². The van der Waals surface area contributed by atoms with Crippen molar-refractivity contribution < 1.29 is 0 Å². The van der Waals surface area contributed by atoms with Crippen molar-refractivity contribution in [1.29, 1.82) is 0 Å². The fourth-order valence-corrected chi connectivity index (χ4v) is 1.48. The molecular weight excluding hydrogens is 166 g/mol. The molecule has 0 aromatic carbocycles. The lowest BCUT2D eigenvalue weighted by Crippen LogP contribution is -2.04. The summed E-state index contributed by atoms with van der Waals surface area (Å²) in [6.45, 7) is 3.26. The maximum absolute atomic E-state index is 4.64. The Morgan fingerprint density at radius 2 is 1.33 bits per heavy atom. The van der Waals surface area contributed by atoms with Crippen LogP contribution in [0.2, 0.25) is 0 Å². The van der Waals surface area contributed by atoms with E-state index >= 15 is 0 Å². The summed E-state index contributed by atoms with van der Waals surface area (Å²) in [6.07, 6.45) is 11.0. The molecule has 0 radical (unpaired) electrons. The third-order valence-corrected chi connectivity index (χ3v) is 2.34. The molecule has 1 nitrogen and oxygen atoms in total. The molecule has 74 valence electrons. The fraction of sp³-hybridized carbons (Fsp3) is 1.00. The molecule has 0 saturated carbocycles. The van der Waals surface area contributed by atoms with Gasteiger partial charge in [-0.2, -0.15) is 0 Å². The molecule has 12 heavy (non-hydrogen) atoms. The predicted molar refractivity (Wildman–Crippen MR) is 58.0 cm³/mol. The highest BCUT2D eigenvalue weighted by molar-refractivity contribution is 7.56. The summed E-state index contributed by atoms with van der Waals surface area (Å²) in [5.41, 5.74) is 0. The van der Waals surface area contributed by atoms with Gasteiger partial charge in [0.15, 0.2) is 0 Å². The molecule has 0 unspecified atom stereocenters. The Kier molecular flexibility index (Phi) is 11.6. The average Bonchev–Trinajstić information content (AvgIpc) is 2.10. The van der Waals surface area contributed by atoms with E-state index in [2.05, 4.69) is 24.5 Å². The molecule has 0 spiro atoms. The van der Waals surface area contributed by atoms with E-state index in [0.29, 0.717) is 0 Å². The number of unbranched alkanes of at least 4 members (excludes halogenated alkanes) is 7. The van der Waals surface area contributed by atoms with Crippen LogP contribution in [-0.4, -0.2) is 6.54 Å². The Bertz CT molecular complexity index is 66.2. The number of nitrogens with one attached hydrogen (secondary N) is 1. The van der Waals surface area contributed by atoms with E-state index in [1.165, 1.54) is 51.4 Å². The van der Waals surface area contributed by atoms with Gasteiger partial charge in [0.25, 0.3) is 0 Å². The van der Waals surface area contributed by atoms with Gasteiger partial charge in [0.2, 0.25) is 0 Å². The van der Waals surface area contributed by atoms with Crippen molar-refractivity contribution in [2.24, 2.45) is 0 Å². The Labute approximate surface area is 82.9 Å². The molecule has 0 amide bonds. The molecule has 0 heterocycles. The molecule has 0 aliphatic carbocycles. The average molecular weight is 188 g/mol. The smallest absolute Gasteiger partial charge is 0.0264 e. The lowest BCUT2D eigenvalue weighted by molar-refractivity contribution is 0.575. The van der Waals surface area contributed by atoms with E-state index in [1.807, 2.05) is 0 Å². The minimum atomic E-state index is 1.00. The van der Waals surface area contributed by atoms with E-state index in [1.54, 1.807) is 0 Å². The van der Waals surface area contributed by atoms with Crippen molar-refractivity contribution in [2.75, 3.05) is 6.54 Å². The highest BCUT2D eigenvalue weighted by Gasteiger charge is 1.89. The fourth-order valence-electron chi connectivity index (χ4n) is 1.33. The number of hydrogen-bond acceptors (Lipinski definition) is 2. The van der Waals surface area contributed by atoms with E-state index in [-0.39, 0.29) is 0 Å². The Morgan fingerprint density at radius 3 is 1.83 bits per heavy atom. The first-order chi connectivity index (χ1) is 5.91. The minimum Gasteiger partial charge on any atom is -0.705 e. The van der Waals surface area contributed by atoms with Crippen molar-refractivity contribution in [3.63, 3.8) is 0 Å². The van der Waals surface area contributed by atoms with E-state index in [0.717, 1.165) is 6.54 Å². The van der Waals surface area contributed by atoms with Crippen molar-refractivity contribution in [3.8, 4) is 0 Å². The standard InChI is InChI=1S/C10H22NS/c1-2-3-4-5-6-7-8-9-10-11-12/h11H,2-10H2,1H3/q-1. The normalized spacial score (nSPS) is 10.5. The van der Waals surface area contributed by atoms with Gasteiger partial charge in [0.1, 0.15) is 0 Å². The number of hydrogen-bond donors (Lipinski definition) is 1. The van der Waals surface area contributed by atoms with Crippen LogP contribution in [0, 0.1) is 0 Å². The summed E-state index contributed by atoms with van der Waals surface area (Å²) in [6, 6.07) is 0. The zero-order valence-electron chi connectivity index (χ0n) is 8.27. The summed E-state index contributed by atoms with van der Waals surface area (Å²) in [5.74, 6) is 0. The third-order valence-electron chi connectivity index (χ3n) is 2.13. The van der Waals surface area contributed by atoms with E-state index in [4.69, 9.17) is 0 Å². The molecular formula is C10H22NS-. The molecule has 0 rings (SSSR count). The van der Waals surface area contributed by atoms with Crippen LogP contribution >= 0.6 is 0 Å².